The highest BCUT2D eigenvalue weighted by Crippen LogP contribution is 2.20. The van der Waals surface area contributed by atoms with Crippen LogP contribution >= 0.6 is 0 Å². The summed E-state index contributed by atoms with van der Waals surface area (Å²) >= 11 is 0. The maximum absolute atomic E-state index is 5.85. The second-order valence-corrected chi connectivity index (χ2v) is 4.51. The number of rotatable bonds is 3. The van der Waals surface area contributed by atoms with E-state index in [0.29, 0.717) is 0 Å². The minimum Gasteiger partial charge on any atom is -0.458 e. The van der Waals surface area contributed by atoms with Gasteiger partial charge in [-0.1, -0.05) is 6.07 Å². The summed E-state index contributed by atoms with van der Waals surface area (Å²) in [6.07, 6.45) is 1.79. The fraction of sp³-hybridized carbons (Fsp3) is 0.357. The number of hydrogen-bond donors (Lipinski definition) is 1. The van der Waals surface area contributed by atoms with E-state index in [1.807, 2.05) is 30.3 Å². The van der Waals surface area contributed by atoms with Crippen LogP contribution in [0.15, 0.2) is 40.9 Å². The van der Waals surface area contributed by atoms with Gasteiger partial charge in [0.1, 0.15) is 11.5 Å². The molecule has 0 spiro atoms. The lowest BCUT2D eigenvalue weighted by Crippen LogP contribution is -2.42. The van der Waals surface area contributed by atoms with Crippen molar-refractivity contribution in [2.75, 3.05) is 26.2 Å². The zero-order chi connectivity index (χ0) is 12.2. The minimum absolute atomic E-state index is 0.848. The largest absolute Gasteiger partial charge is 0.458 e. The predicted molar refractivity (Wildman–Crippen MR) is 70.1 cm³/mol. The zero-order valence-electron chi connectivity index (χ0n) is 10.3. The fourth-order valence-electron chi connectivity index (χ4n) is 2.20. The molecule has 0 aliphatic carbocycles. The first-order valence-corrected chi connectivity index (χ1v) is 6.35. The van der Waals surface area contributed by atoms with Crippen molar-refractivity contribution < 1.29 is 4.42 Å². The van der Waals surface area contributed by atoms with Gasteiger partial charge in [-0.15, -0.1) is 0 Å². The number of aromatic nitrogens is 1. The van der Waals surface area contributed by atoms with Crippen molar-refractivity contribution in [3.63, 3.8) is 0 Å². The van der Waals surface area contributed by atoms with Gasteiger partial charge in [0.25, 0.3) is 0 Å². The van der Waals surface area contributed by atoms with E-state index >= 15 is 0 Å². The summed E-state index contributed by atoms with van der Waals surface area (Å²) in [6, 6.07) is 9.90. The summed E-state index contributed by atoms with van der Waals surface area (Å²) in [4.78, 5) is 6.69. The molecule has 2 aromatic heterocycles. The topological polar surface area (TPSA) is 41.3 Å². The van der Waals surface area contributed by atoms with Gasteiger partial charge in [0.2, 0.25) is 0 Å². The van der Waals surface area contributed by atoms with E-state index < -0.39 is 0 Å². The van der Waals surface area contributed by atoms with Crippen molar-refractivity contribution in [1.82, 2.24) is 15.2 Å². The van der Waals surface area contributed by atoms with E-state index in [9.17, 15) is 0 Å². The molecule has 3 heterocycles. The van der Waals surface area contributed by atoms with Gasteiger partial charge in [0.05, 0.1) is 6.54 Å². The number of pyridine rings is 1. The monoisotopic (exact) mass is 243 g/mol. The molecule has 1 saturated heterocycles. The van der Waals surface area contributed by atoms with Gasteiger partial charge in [-0.25, -0.2) is 0 Å². The molecule has 2 aromatic rings. The lowest BCUT2D eigenvalue weighted by molar-refractivity contribution is 0.217. The predicted octanol–water partition coefficient (Wildman–Crippen LogP) is 1.75. The molecule has 0 atom stereocenters. The molecular weight excluding hydrogens is 226 g/mol. The van der Waals surface area contributed by atoms with Gasteiger partial charge in [-0.05, 0) is 24.3 Å². The molecular formula is C14H17N3O. The minimum atomic E-state index is 0.848. The third-order valence-corrected chi connectivity index (χ3v) is 3.17. The van der Waals surface area contributed by atoms with Crippen molar-refractivity contribution in [1.29, 1.82) is 0 Å². The van der Waals surface area contributed by atoms with Gasteiger partial charge >= 0.3 is 0 Å². The molecule has 4 nitrogen and oxygen atoms in total. The second-order valence-electron chi connectivity index (χ2n) is 4.51. The Balaban J connectivity index is 1.69. The number of piperazine rings is 1. The van der Waals surface area contributed by atoms with E-state index in [0.717, 1.165) is 49.9 Å². The van der Waals surface area contributed by atoms with Crippen molar-refractivity contribution in [3.05, 3.63) is 42.3 Å². The van der Waals surface area contributed by atoms with E-state index in [2.05, 4.69) is 15.2 Å². The Morgan fingerprint density at radius 3 is 2.83 bits per heavy atom. The van der Waals surface area contributed by atoms with Gasteiger partial charge in [-0.2, -0.15) is 0 Å². The molecule has 1 aliphatic heterocycles. The maximum atomic E-state index is 5.85. The lowest BCUT2D eigenvalue weighted by Gasteiger charge is -2.26. The molecule has 1 fully saturated rings. The Labute approximate surface area is 107 Å². The Hall–Kier alpha value is -1.65. The first-order chi connectivity index (χ1) is 8.92. The lowest BCUT2D eigenvalue weighted by atomic mass is 10.3. The average molecular weight is 243 g/mol. The molecule has 4 heteroatoms. The molecule has 0 saturated carbocycles. The van der Waals surface area contributed by atoms with Crippen molar-refractivity contribution in [3.8, 4) is 11.5 Å². The molecule has 0 unspecified atom stereocenters. The van der Waals surface area contributed by atoms with Crippen molar-refractivity contribution in [2.24, 2.45) is 0 Å². The highest BCUT2D eigenvalue weighted by molar-refractivity contribution is 5.51. The summed E-state index contributed by atoms with van der Waals surface area (Å²) in [5, 5.41) is 3.35. The van der Waals surface area contributed by atoms with Crippen LogP contribution in [0, 0.1) is 0 Å². The number of furan rings is 1. The first-order valence-electron chi connectivity index (χ1n) is 6.35. The van der Waals surface area contributed by atoms with Gasteiger partial charge in [0.15, 0.2) is 5.76 Å². The smallest absolute Gasteiger partial charge is 0.152 e. The normalized spacial score (nSPS) is 16.9. The molecule has 1 N–H and O–H groups in total. The van der Waals surface area contributed by atoms with Crippen molar-refractivity contribution >= 4 is 0 Å². The number of hydrogen-bond acceptors (Lipinski definition) is 4. The standard InChI is InChI=1S/C14H17N3O/c1-2-6-16-13(3-1)14-5-4-12(18-14)11-17-9-7-15-8-10-17/h1-6,15H,7-11H2. The number of nitrogens with zero attached hydrogens (tertiary/aromatic N) is 2. The Morgan fingerprint density at radius 2 is 2.06 bits per heavy atom. The molecule has 0 radical (unpaired) electrons. The number of nitrogens with one attached hydrogen (secondary N) is 1. The highest BCUT2D eigenvalue weighted by Gasteiger charge is 2.12. The van der Waals surface area contributed by atoms with Crippen molar-refractivity contribution in [2.45, 2.75) is 6.54 Å². The maximum Gasteiger partial charge on any atom is 0.152 e. The second kappa shape index (κ2) is 5.33. The van der Waals surface area contributed by atoms with Crippen LogP contribution in [0.5, 0.6) is 0 Å². The Bertz CT molecular complexity index is 489. The summed E-state index contributed by atoms with van der Waals surface area (Å²) in [7, 11) is 0. The molecule has 94 valence electrons. The molecule has 0 aromatic carbocycles. The van der Waals surface area contributed by atoms with Crippen LogP contribution in [0.3, 0.4) is 0 Å². The average Bonchev–Trinajstić information content (AvgIpc) is 2.89. The summed E-state index contributed by atoms with van der Waals surface area (Å²) in [6.45, 7) is 5.18. The van der Waals surface area contributed by atoms with Crippen LogP contribution < -0.4 is 5.32 Å². The molecule has 1 aliphatic rings. The van der Waals surface area contributed by atoms with E-state index in [1.165, 1.54) is 0 Å². The Morgan fingerprint density at radius 1 is 1.17 bits per heavy atom. The van der Waals surface area contributed by atoms with Gasteiger partial charge in [0, 0.05) is 32.4 Å². The van der Waals surface area contributed by atoms with Crippen LogP contribution in [-0.2, 0) is 6.54 Å². The zero-order valence-corrected chi connectivity index (χ0v) is 10.3. The summed E-state index contributed by atoms with van der Waals surface area (Å²) in [5.41, 5.74) is 0.893. The fourth-order valence-corrected chi connectivity index (χ4v) is 2.20. The van der Waals surface area contributed by atoms with Crippen LogP contribution in [0.1, 0.15) is 5.76 Å². The van der Waals surface area contributed by atoms with Gasteiger partial charge < -0.3 is 9.73 Å². The summed E-state index contributed by atoms with van der Waals surface area (Å²) in [5.74, 6) is 1.86. The van der Waals surface area contributed by atoms with E-state index in [1.54, 1.807) is 6.20 Å². The third-order valence-electron chi connectivity index (χ3n) is 3.17. The van der Waals surface area contributed by atoms with Gasteiger partial charge in [-0.3, -0.25) is 9.88 Å². The molecule has 18 heavy (non-hydrogen) atoms. The summed E-state index contributed by atoms with van der Waals surface area (Å²) < 4.78 is 5.85. The van der Waals surface area contributed by atoms with Crippen LogP contribution in [0.2, 0.25) is 0 Å². The van der Waals surface area contributed by atoms with Crippen LogP contribution in [0.4, 0.5) is 0 Å². The third kappa shape index (κ3) is 2.60. The first kappa shape index (κ1) is 11.4. The van der Waals surface area contributed by atoms with Crippen LogP contribution in [-0.4, -0.2) is 36.1 Å². The molecule has 0 amide bonds. The van der Waals surface area contributed by atoms with E-state index in [4.69, 9.17) is 4.42 Å². The molecule has 0 bridgehead atoms. The Kier molecular flexibility index (Phi) is 3.39. The molecule has 3 rings (SSSR count). The quantitative estimate of drug-likeness (QED) is 0.891. The van der Waals surface area contributed by atoms with E-state index in [-0.39, 0.29) is 0 Å². The highest BCUT2D eigenvalue weighted by atomic mass is 16.3. The SMILES string of the molecule is c1ccc(-c2ccc(CN3CCNCC3)o2)nc1. The van der Waals surface area contributed by atoms with Crippen LogP contribution in [0.25, 0.3) is 11.5 Å².